The topological polar surface area (TPSA) is 33.1 Å². The van der Waals surface area contributed by atoms with Gasteiger partial charge in [-0.05, 0) is 18.6 Å². The summed E-state index contributed by atoms with van der Waals surface area (Å²) in [5, 5.41) is 7.31. The van der Waals surface area contributed by atoms with Crippen molar-refractivity contribution in [2.45, 2.75) is 11.8 Å². The number of ether oxygens (including phenoxy) is 1. The maximum atomic E-state index is 7.31. The molecule has 1 aromatic carbocycles. The van der Waals surface area contributed by atoms with E-state index in [1.54, 1.807) is 11.8 Å². The highest BCUT2D eigenvalue weighted by molar-refractivity contribution is 8.00. The van der Waals surface area contributed by atoms with Gasteiger partial charge in [-0.15, -0.1) is 11.8 Å². The standard InChI is InChI=1S/C10H13NOS/c1-8-5-3-4-6-9(8)13-7-10(11)12-2/h3-6,11H,7H2,1-2H3. The van der Waals surface area contributed by atoms with Crippen LogP contribution in [0.5, 0.6) is 0 Å². The van der Waals surface area contributed by atoms with Gasteiger partial charge < -0.3 is 4.74 Å². The van der Waals surface area contributed by atoms with Crippen molar-refractivity contribution < 1.29 is 4.74 Å². The second-order valence-corrected chi connectivity index (χ2v) is 3.70. The molecule has 13 heavy (non-hydrogen) atoms. The first-order valence-corrected chi connectivity index (χ1v) is 5.02. The summed E-state index contributed by atoms with van der Waals surface area (Å²) in [6.07, 6.45) is 0. The van der Waals surface area contributed by atoms with E-state index in [1.165, 1.54) is 17.6 Å². The molecule has 1 rings (SSSR count). The Hall–Kier alpha value is -0.960. The maximum Gasteiger partial charge on any atom is 0.190 e. The lowest BCUT2D eigenvalue weighted by atomic mass is 10.2. The van der Waals surface area contributed by atoms with E-state index in [1.807, 2.05) is 12.1 Å². The minimum atomic E-state index is 0.313. The van der Waals surface area contributed by atoms with E-state index >= 15 is 0 Å². The summed E-state index contributed by atoms with van der Waals surface area (Å²) >= 11 is 1.63. The van der Waals surface area contributed by atoms with Gasteiger partial charge in [-0.25, -0.2) is 0 Å². The molecule has 3 heteroatoms. The highest BCUT2D eigenvalue weighted by Gasteiger charge is 2.00. The third kappa shape index (κ3) is 3.11. The van der Waals surface area contributed by atoms with Crippen molar-refractivity contribution in [3.63, 3.8) is 0 Å². The van der Waals surface area contributed by atoms with Gasteiger partial charge in [0.2, 0.25) is 0 Å². The van der Waals surface area contributed by atoms with Crippen LogP contribution in [0.15, 0.2) is 29.2 Å². The van der Waals surface area contributed by atoms with Crippen LogP contribution in [0, 0.1) is 12.3 Å². The number of methoxy groups -OCH3 is 1. The van der Waals surface area contributed by atoms with Gasteiger partial charge >= 0.3 is 0 Å². The molecule has 0 fully saturated rings. The van der Waals surface area contributed by atoms with Crippen LogP contribution in [0.25, 0.3) is 0 Å². The van der Waals surface area contributed by atoms with Crippen LogP contribution in [0.3, 0.4) is 0 Å². The van der Waals surface area contributed by atoms with Gasteiger partial charge in [0.1, 0.15) is 0 Å². The fourth-order valence-corrected chi connectivity index (χ4v) is 1.80. The molecule has 0 atom stereocenters. The monoisotopic (exact) mass is 195 g/mol. The van der Waals surface area contributed by atoms with Crippen molar-refractivity contribution >= 4 is 17.7 Å². The Balaban J connectivity index is 2.54. The lowest BCUT2D eigenvalue weighted by Crippen LogP contribution is -2.01. The van der Waals surface area contributed by atoms with Crippen LogP contribution in [-0.2, 0) is 4.74 Å². The van der Waals surface area contributed by atoms with E-state index in [2.05, 4.69) is 19.1 Å². The first-order valence-electron chi connectivity index (χ1n) is 4.04. The number of hydrogen-bond acceptors (Lipinski definition) is 3. The zero-order chi connectivity index (χ0) is 9.68. The predicted molar refractivity (Wildman–Crippen MR) is 56.6 cm³/mol. The number of thioether (sulfide) groups is 1. The number of nitrogens with one attached hydrogen (secondary N) is 1. The molecule has 1 N–H and O–H groups in total. The van der Waals surface area contributed by atoms with E-state index in [9.17, 15) is 0 Å². The van der Waals surface area contributed by atoms with E-state index in [4.69, 9.17) is 10.1 Å². The molecule has 0 aliphatic rings. The van der Waals surface area contributed by atoms with Crippen molar-refractivity contribution in [3.8, 4) is 0 Å². The molecule has 0 aromatic heterocycles. The van der Waals surface area contributed by atoms with Gasteiger partial charge in [-0.1, -0.05) is 18.2 Å². The Morgan fingerprint density at radius 3 is 2.77 bits per heavy atom. The second kappa shape index (κ2) is 4.92. The molecular weight excluding hydrogens is 182 g/mol. The average molecular weight is 195 g/mol. The van der Waals surface area contributed by atoms with Crippen LogP contribution in [-0.4, -0.2) is 18.8 Å². The summed E-state index contributed by atoms with van der Waals surface area (Å²) in [5.74, 6) is 0.912. The summed E-state index contributed by atoms with van der Waals surface area (Å²) in [6, 6.07) is 8.15. The Kier molecular flexibility index (Phi) is 3.83. The lowest BCUT2D eigenvalue weighted by molar-refractivity contribution is 0.397. The summed E-state index contributed by atoms with van der Waals surface area (Å²) in [7, 11) is 1.53. The molecule has 0 spiro atoms. The zero-order valence-corrected chi connectivity index (χ0v) is 8.65. The van der Waals surface area contributed by atoms with E-state index < -0.39 is 0 Å². The Labute approximate surface area is 82.8 Å². The predicted octanol–water partition coefficient (Wildman–Crippen LogP) is 2.71. The average Bonchev–Trinajstić information content (AvgIpc) is 2.16. The molecule has 1 aromatic rings. The normalized spacial score (nSPS) is 9.69. The fourth-order valence-electron chi connectivity index (χ4n) is 0.921. The summed E-state index contributed by atoms with van der Waals surface area (Å²) in [4.78, 5) is 1.21. The van der Waals surface area contributed by atoms with E-state index in [-0.39, 0.29) is 0 Å². The molecular formula is C10H13NOS. The summed E-state index contributed by atoms with van der Waals surface area (Å²) in [6.45, 7) is 2.07. The molecule has 0 aliphatic heterocycles. The van der Waals surface area contributed by atoms with Crippen LogP contribution in [0.4, 0.5) is 0 Å². The quantitative estimate of drug-likeness (QED) is 0.457. The number of hydrogen-bond donors (Lipinski definition) is 1. The third-order valence-electron chi connectivity index (χ3n) is 1.70. The second-order valence-electron chi connectivity index (χ2n) is 2.68. The van der Waals surface area contributed by atoms with Gasteiger partial charge in [-0.2, -0.15) is 0 Å². The lowest BCUT2D eigenvalue weighted by Gasteiger charge is -2.04. The maximum absolute atomic E-state index is 7.31. The van der Waals surface area contributed by atoms with Crippen LogP contribution in [0.2, 0.25) is 0 Å². The highest BCUT2D eigenvalue weighted by Crippen LogP contribution is 2.21. The molecule has 0 saturated carbocycles. The summed E-state index contributed by atoms with van der Waals surface area (Å²) in [5.41, 5.74) is 1.25. The molecule has 0 heterocycles. The fraction of sp³-hybridized carbons (Fsp3) is 0.300. The third-order valence-corrected chi connectivity index (χ3v) is 2.87. The van der Waals surface area contributed by atoms with Crippen molar-refractivity contribution in [1.29, 1.82) is 5.41 Å². The number of rotatable bonds is 3. The van der Waals surface area contributed by atoms with Gasteiger partial charge in [0.15, 0.2) is 5.90 Å². The Morgan fingerprint density at radius 2 is 2.15 bits per heavy atom. The van der Waals surface area contributed by atoms with Crippen molar-refractivity contribution in [2.24, 2.45) is 0 Å². The van der Waals surface area contributed by atoms with E-state index in [0.29, 0.717) is 11.7 Å². The van der Waals surface area contributed by atoms with Crippen LogP contribution >= 0.6 is 11.8 Å². The zero-order valence-electron chi connectivity index (χ0n) is 7.83. The molecule has 0 saturated heterocycles. The molecule has 0 bridgehead atoms. The largest absolute Gasteiger partial charge is 0.484 e. The highest BCUT2D eigenvalue weighted by atomic mass is 32.2. The molecule has 2 nitrogen and oxygen atoms in total. The molecule has 70 valence electrons. The van der Waals surface area contributed by atoms with E-state index in [0.717, 1.165) is 0 Å². The smallest absolute Gasteiger partial charge is 0.190 e. The van der Waals surface area contributed by atoms with Gasteiger partial charge in [0, 0.05) is 4.90 Å². The minimum absolute atomic E-state index is 0.313. The molecule has 0 unspecified atom stereocenters. The minimum Gasteiger partial charge on any atom is -0.484 e. The van der Waals surface area contributed by atoms with Crippen molar-refractivity contribution in [1.82, 2.24) is 0 Å². The molecule has 0 radical (unpaired) electrons. The first-order chi connectivity index (χ1) is 6.24. The van der Waals surface area contributed by atoms with Crippen molar-refractivity contribution in [2.75, 3.05) is 12.9 Å². The van der Waals surface area contributed by atoms with Crippen LogP contribution < -0.4 is 0 Å². The molecule has 0 aliphatic carbocycles. The van der Waals surface area contributed by atoms with Gasteiger partial charge in [0.25, 0.3) is 0 Å². The SMILES string of the molecule is COC(=N)CSc1ccccc1C. The van der Waals surface area contributed by atoms with Gasteiger partial charge in [0.05, 0.1) is 12.9 Å². The first kappa shape index (κ1) is 10.1. The Morgan fingerprint density at radius 1 is 1.46 bits per heavy atom. The van der Waals surface area contributed by atoms with Gasteiger partial charge in [-0.3, -0.25) is 5.41 Å². The summed E-state index contributed by atoms with van der Waals surface area (Å²) < 4.78 is 4.77. The Bertz CT molecular complexity index is 299. The van der Waals surface area contributed by atoms with Crippen molar-refractivity contribution in [3.05, 3.63) is 29.8 Å². The van der Waals surface area contributed by atoms with Crippen LogP contribution in [0.1, 0.15) is 5.56 Å². The molecule has 0 amide bonds. The number of benzene rings is 1. The number of aryl methyl sites for hydroxylation is 1.